The second-order valence-corrected chi connectivity index (χ2v) is 5.14. The van der Waals surface area contributed by atoms with Crippen LogP contribution < -0.4 is 11.6 Å². The molecule has 0 bridgehead atoms. The van der Waals surface area contributed by atoms with Gasteiger partial charge in [-0.3, -0.25) is 0 Å². The van der Waals surface area contributed by atoms with E-state index in [0.717, 1.165) is 17.9 Å². The molecule has 0 saturated carbocycles. The summed E-state index contributed by atoms with van der Waals surface area (Å²) in [5, 5.41) is 0. The highest BCUT2D eigenvalue weighted by Crippen LogP contribution is 2.28. The van der Waals surface area contributed by atoms with Gasteiger partial charge in [0.05, 0.1) is 5.69 Å². The maximum Gasteiger partial charge on any atom is 0.146 e. The molecule has 4 N–H and O–H groups in total. The maximum absolute atomic E-state index is 5.95. The van der Waals surface area contributed by atoms with Crippen LogP contribution in [0.15, 0.2) is 0 Å². The zero-order valence-corrected chi connectivity index (χ0v) is 10.3. The molecule has 0 amide bonds. The lowest BCUT2D eigenvalue weighted by atomic mass is 9.96. The van der Waals surface area contributed by atoms with Crippen LogP contribution in [-0.4, -0.2) is 9.66 Å². The SMILES string of the molecule is CCC(C)c1nc(C(C)(C)C)n(N)c1N. The van der Waals surface area contributed by atoms with Crippen molar-refractivity contribution in [2.45, 2.75) is 52.4 Å². The monoisotopic (exact) mass is 210 g/mol. The molecule has 1 atom stereocenters. The Morgan fingerprint density at radius 3 is 2.27 bits per heavy atom. The van der Waals surface area contributed by atoms with E-state index in [4.69, 9.17) is 11.6 Å². The first-order valence-corrected chi connectivity index (χ1v) is 5.42. The van der Waals surface area contributed by atoms with Crippen LogP contribution in [0.1, 0.15) is 58.5 Å². The Kier molecular flexibility index (Phi) is 2.98. The van der Waals surface area contributed by atoms with E-state index >= 15 is 0 Å². The van der Waals surface area contributed by atoms with Crippen LogP contribution in [0.5, 0.6) is 0 Å². The van der Waals surface area contributed by atoms with Crippen LogP contribution in [0.25, 0.3) is 0 Å². The summed E-state index contributed by atoms with van der Waals surface area (Å²) in [4.78, 5) is 4.56. The fourth-order valence-electron chi connectivity index (χ4n) is 1.55. The lowest BCUT2D eigenvalue weighted by molar-refractivity contribution is 0.529. The molecule has 4 heteroatoms. The van der Waals surface area contributed by atoms with Gasteiger partial charge in [0.25, 0.3) is 0 Å². The van der Waals surface area contributed by atoms with Crippen molar-refractivity contribution in [1.82, 2.24) is 9.66 Å². The van der Waals surface area contributed by atoms with Gasteiger partial charge < -0.3 is 11.6 Å². The average molecular weight is 210 g/mol. The van der Waals surface area contributed by atoms with Gasteiger partial charge in [-0.1, -0.05) is 34.6 Å². The van der Waals surface area contributed by atoms with Gasteiger partial charge in [0.1, 0.15) is 11.6 Å². The number of rotatable bonds is 2. The Bertz CT molecular complexity index is 346. The molecular formula is C11H22N4. The van der Waals surface area contributed by atoms with E-state index in [9.17, 15) is 0 Å². The zero-order valence-electron chi connectivity index (χ0n) is 10.3. The van der Waals surface area contributed by atoms with Crippen LogP contribution in [0.4, 0.5) is 5.82 Å². The fraction of sp³-hybridized carbons (Fsp3) is 0.727. The first kappa shape index (κ1) is 11.9. The summed E-state index contributed by atoms with van der Waals surface area (Å²) in [5.41, 5.74) is 6.80. The van der Waals surface area contributed by atoms with Gasteiger partial charge in [0.15, 0.2) is 0 Å². The van der Waals surface area contributed by atoms with Crippen molar-refractivity contribution in [3.63, 3.8) is 0 Å². The van der Waals surface area contributed by atoms with E-state index in [-0.39, 0.29) is 5.41 Å². The van der Waals surface area contributed by atoms with Crippen LogP contribution in [0, 0.1) is 0 Å². The number of imidazole rings is 1. The Balaban J connectivity index is 3.24. The molecule has 0 aliphatic heterocycles. The third kappa shape index (κ3) is 2.08. The summed E-state index contributed by atoms with van der Waals surface area (Å²) in [6, 6.07) is 0. The van der Waals surface area contributed by atoms with Crippen molar-refractivity contribution in [2.75, 3.05) is 11.6 Å². The van der Waals surface area contributed by atoms with Gasteiger partial charge in [0.2, 0.25) is 0 Å². The molecular weight excluding hydrogens is 188 g/mol. The smallest absolute Gasteiger partial charge is 0.146 e. The summed E-state index contributed by atoms with van der Waals surface area (Å²) < 4.78 is 1.52. The Morgan fingerprint density at radius 2 is 1.93 bits per heavy atom. The molecule has 1 unspecified atom stereocenters. The van der Waals surface area contributed by atoms with Crippen molar-refractivity contribution in [3.05, 3.63) is 11.5 Å². The highest BCUT2D eigenvalue weighted by atomic mass is 15.4. The van der Waals surface area contributed by atoms with Crippen LogP contribution in [0.3, 0.4) is 0 Å². The van der Waals surface area contributed by atoms with E-state index in [0.29, 0.717) is 11.7 Å². The molecule has 0 fully saturated rings. The first-order valence-electron chi connectivity index (χ1n) is 5.42. The molecule has 4 nitrogen and oxygen atoms in total. The Labute approximate surface area is 91.6 Å². The number of aromatic nitrogens is 2. The zero-order chi connectivity index (χ0) is 11.8. The second kappa shape index (κ2) is 3.76. The van der Waals surface area contributed by atoms with E-state index in [1.165, 1.54) is 4.68 Å². The number of hydrogen-bond donors (Lipinski definition) is 2. The van der Waals surface area contributed by atoms with E-state index in [2.05, 4.69) is 39.6 Å². The van der Waals surface area contributed by atoms with Crippen LogP contribution >= 0.6 is 0 Å². The quantitative estimate of drug-likeness (QED) is 0.733. The molecule has 1 aromatic rings. The normalized spacial score (nSPS) is 14.2. The highest BCUT2D eigenvalue weighted by molar-refractivity contribution is 5.41. The standard InChI is InChI=1S/C11H22N4/c1-6-7(2)8-9(12)15(13)10(14-8)11(3,4)5/h7H,6,12-13H2,1-5H3. The lowest BCUT2D eigenvalue weighted by Crippen LogP contribution is -2.24. The van der Waals surface area contributed by atoms with E-state index < -0.39 is 0 Å². The highest BCUT2D eigenvalue weighted by Gasteiger charge is 2.25. The molecule has 86 valence electrons. The largest absolute Gasteiger partial charge is 0.382 e. The van der Waals surface area contributed by atoms with E-state index in [1.807, 2.05) is 0 Å². The van der Waals surface area contributed by atoms with Gasteiger partial charge in [-0.05, 0) is 6.42 Å². The average Bonchev–Trinajstić information content (AvgIpc) is 2.42. The minimum Gasteiger partial charge on any atom is -0.382 e. The number of nitrogens with two attached hydrogens (primary N) is 2. The van der Waals surface area contributed by atoms with E-state index in [1.54, 1.807) is 0 Å². The van der Waals surface area contributed by atoms with Gasteiger partial charge in [-0.2, -0.15) is 0 Å². The molecule has 1 aromatic heterocycles. The van der Waals surface area contributed by atoms with Crippen molar-refractivity contribution in [3.8, 4) is 0 Å². The van der Waals surface area contributed by atoms with Gasteiger partial charge in [0, 0.05) is 11.3 Å². The molecule has 0 saturated heterocycles. The first-order chi connectivity index (χ1) is 6.79. The maximum atomic E-state index is 5.95. The number of nitrogens with zero attached hydrogens (tertiary/aromatic N) is 2. The van der Waals surface area contributed by atoms with Crippen molar-refractivity contribution >= 4 is 5.82 Å². The topological polar surface area (TPSA) is 69.9 Å². The summed E-state index contributed by atoms with van der Waals surface area (Å²) in [6.07, 6.45) is 1.02. The number of anilines is 1. The van der Waals surface area contributed by atoms with Crippen molar-refractivity contribution in [1.29, 1.82) is 0 Å². The lowest BCUT2D eigenvalue weighted by Gasteiger charge is -2.17. The molecule has 0 aromatic carbocycles. The summed E-state index contributed by atoms with van der Waals surface area (Å²) in [7, 11) is 0. The summed E-state index contributed by atoms with van der Waals surface area (Å²) in [5.74, 6) is 7.70. The predicted molar refractivity (Wildman–Crippen MR) is 64.2 cm³/mol. The molecule has 1 heterocycles. The third-order valence-electron chi connectivity index (χ3n) is 2.73. The Morgan fingerprint density at radius 1 is 1.40 bits per heavy atom. The fourth-order valence-corrected chi connectivity index (χ4v) is 1.55. The third-order valence-corrected chi connectivity index (χ3v) is 2.73. The number of hydrogen-bond acceptors (Lipinski definition) is 3. The summed E-state index contributed by atoms with van der Waals surface area (Å²) >= 11 is 0. The molecule has 0 aliphatic rings. The Hall–Kier alpha value is -1.19. The van der Waals surface area contributed by atoms with Gasteiger partial charge in [-0.15, -0.1) is 0 Å². The van der Waals surface area contributed by atoms with Gasteiger partial charge in [-0.25, -0.2) is 9.66 Å². The molecule has 0 radical (unpaired) electrons. The molecule has 0 spiro atoms. The molecule has 0 aliphatic carbocycles. The van der Waals surface area contributed by atoms with Crippen molar-refractivity contribution in [2.24, 2.45) is 0 Å². The van der Waals surface area contributed by atoms with Crippen LogP contribution in [-0.2, 0) is 5.41 Å². The van der Waals surface area contributed by atoms with Crippen molar-refractivity contribution < 1.29 is 0 Å². The second-order valence-electron chi connectivity index (χ2n) is 5.14. The number of nitrogen functional groups attached to an aromatic ring is 2. The minimum atomic E-state index is -0.0748. The van der Waals surface area contributed by atoms with Gasteiger partial charge >= 0.3 is 0 Å². The molecule has 1 rings (SSSR count). The minimum absolute atomic E-state index is 0.0748. The predicted octanol–water partition coefficient (Wildman–Crippen LogP) is 1.99. The molecule has 15 heavy (non-hydrogen) atoms. The summed E-state index contributed by atoms with van der Waals surface area (Å²) in [6.45, 7) is 10.5. The van der Waals surface area contributed by atoms with Crippen LogP contribution in [0.2, 0.25) is 0 Å².